The summed E-state index contributed by atoms with van der Waals surface area (Å²) in [6.45, 7) is 8.97. The number of sulfonamides is 1. The molecule has 21 heavy (non-hydrogen) atoms. The molecule has 0 heterocycles. The van der Waals surface area contributed by atoms with Crippen LogP contribution in [-0.4, -0.2) is 32.4 Å². The van der Waals surface area contributed by atoms with Crippen LogP contribution < -0.4 is 5.73 Å². The van der Waals surface area contributed by atoms with Crippen molar-refractivity contribution in [2.45, 2.75) is 39.0 Å². The fraction of sp³-hybridized carbons (Fsp3) is 0.600. The van der Waals surface area contributed by atoms with Gasteiger partial charge in [-0.15, -0.1) is 0 Å². The van der Waals surface area contributed by atoms with Gasteiger partial charge in [0.05, 0.1) is 4.90 Å². The van der Waals surface area contributed by atoms with Gasteiger partial charge < -0.3 is 5.73 Å². The van der Waals surface area contributed by atoms with E-state index in [1.807, 2.05) is 20.8 Å². The van der Waals surface area contributed by atoms with Crippen molar-refractivity contribution in [3.05, 3.63) is 28.8 Å². The van der Waals surface area contributed by atoms with Gasteiger partial charge in [-0.3, -0.25) is 0 Å². The molecule has 0 unspecified atom stereocenters. The average Bonchev–Trinajstić information content (AvgIpc) is 2.40. The summed E-state index contributed by atoms with van der Waals surface area (Å²) in [5.74, 6) is 0. The Hall–Kier alpha value is -0.620. The first kappa shape index (κ1) is 18.4. The molecule has 0 bridgehead atoms. The van der Waals surface area contributed by atoms with Gasteiger partial charge in [-0.05, 0) is 43.0 Å². The van der Waals surface area contributed by atoms with Crippen LogP contribution in [0.15, 0.2) is 23.1 Å². The zero-order valence-corrected chi connectivity index (χ0v) is 14.8. The summed E-state index contributed by atoms with van der Waals surface area (Å²) >= 11 is 5.96. The zero-order valence-electron chi connectivity index (χ0n) is 13.2. The highest BCUT2D eigenvalue weighted by Gasteiger charge is 2.30. The van der Waals surface area contributed by atoms with Gasteiger partial charge in [0.2, 0.25) is 10.0 Å². The predicted octanol–water partition coefficient (Wildman–Crippen LogP) is 3.03. The molecule has 0 aliphatic carbocycles. The topological polar surface area (TPSA) is 63.4 Å². The molecule has 1 rings (SSSR count). The van der Waals surface area contributed by atoms with Crippen LogP contribution in [0.1, 0.15) is 32.8 Å². The van der Waals surface area contributed by atoms with Gasteiger partial charge in [-0.25, -0.2) is 8.42 Å². The second-order valence-corrected chi connectivity index (χ2v) is 8.46. The van der Waals surface area contributed by atoms with Gasteiger partial charge in [-0.2, -0.15) is 4.31 Å². The monoisotopic (exact) mass is 332 g/mol. The number of halogens is 1. The van der Waals surface area contributed by atoms with Gasteiger partial charge in [0.15, 0.2) is 0 Å². The molecule has 6 heteroatoms. The Balaban J connectivity index is 3.25. The van der Waals surface area contributed by atoms with E-state index < -0.39 is 10.0 Å². The lowest BCUT2D eigenvalue weighted by molar-refractivity contribution is 0.266. The van der Waals surface area contributed by atoms with Gasteiger partial charge >= 0.3 is 0 Å². The molecule has 0 saturated carbocycles. The Morgan fingerprint density at radius 2 is 1.95 bits per heavy atom. The van der Waals surface area contributed by atoms with Crippen molar-refractivity contribution in [2.24, 2.45) is 11.1 Å². The van der Waals surface area contributed by atoms with Crippen LogP contribution in [0.3, 0.4) is 0 Å². The quantitative estimate of drug-likeness (QED) is 0.834. The van der Waals surface area contributed by atoms with Crippen LogP contribution >= 0.6 is 11.6 Å². The summed E-state index contributed by atoms with van der Waals surface area (Å²) in [4.78, 5) is 0.274. The maximum absolute atomic E-state index is 12.9. The van der Waals surface area contributed by atoms with Crippen molar-refractivity contribution in [1.82, 2.24) is 4.31 Å². The van der Waals surface area contributed by atoms with E-state index in [-0.39, 0.29) is 10.3 Å². The molecule has 0 fully saturated rings. The molecule has 0 saturated heterocycles. The Labute approximate surface area is 133 Å². The predicted molar refractivity (Wildman–Crippen MR) is 88.1 cm³/mol. The summed E-state index contributed by atoms with van der Waals surface area (Å²) in [5, 5.41) is 0.425. The summed E-state index contributed by atoms with van der Waals surface area (Å²) in [6.07, 6.45) is 0.749. The molecule has 1 aromatic rings. The normalized spacial score (nSPS) is 12.9. The maximum Gasteiger partial charge on any atom is 0.243 e. The minimum Gasteiger partial charge on any atom is -0.330 e. The van der Waals surface area contributed by atoms with Crippen molar-refractivity contribution in [1.29, 1.82) is 0 Å². The van der Waals surface area contributed by atoms with E-state index in [9.17, 15) is 8.42 Å². The number of nitrogens with two attached hydrogens (primary N) is 1. The molecule has 120 valence electrons. The van der Waals surface area contributed by atoms with E-state index >= 15 is 0 Å². The Kier molecular flexibility index (Phi) is 6.23. The first-order valence-electron chi connectivity index (χ1n) is 7.10. The Bertz CT molecular complexity index is 585. The average molecular weight is 333 g/mol. The highest BCUT2D eigenvalue weighted by Crippen LogP contribution is 2.26. The van der Waals surface area contributed by atoms with Gasteiger partial charge in [-0.1, -0.05) is 38.4 Å². The summed E-state index contributed by atoms with van der Waals surface area (Å²) in [5.41, 5.74) is 6.18. The van der Waals surface area contributed by atoms with Crippen LogP contribution in [-0.2, 0) is 10.0 Å². The first-order chi connectivity index (χ1) is 9.64. The van der Waals surface area contributed by atoms with E-state index in [4.69, 9.17) is 17.3 Å². The van der Waals surface area contributed by atoms with Crippen molar-refractivity contribution >= 4 is 21.6 Å². The molecule has 0 aliphatic rings. The first-order valence-corrected chi connectivity index (χ1v) is 8.92. The van der Waals surface area contributed by atoms with Gasteiger partial charge in [0, 0.05) is 18.1 Å². The molecular weight excluding hydrogens is 308 g/mol. The standard InChI is InChI=1S/C15H25ClN2O2S/c1-5-8-18(11-15(3,4)10-17)21(19,20)14-9-13(16)7-6-12(14)2/h6-7,9H,5,8,10-11,17H2,1-4H3. The Morgan fingerprint density at radius 1 is 1.33 bits per heavy atom. The van der Waals surface area contributed by atoms with E-state index in [2.05, 4.69) is 0 Å². The Morgan fingerprint density at radius 3 is 2.48 bits per heavy atom. The van der Waals surface area contributed by atoms with E-state index in [0.29, 0.717) is 30.2 Å². The zero-order chi connectivity index (χ0) is 16.3. The minimum atomic E-state index is -3.57. The lowest BCUT2D eigenvalue weighted by Crippen LogP contribution is -2.42. The molecule has 0 aliphatic heterocycles. The highest BCUT2D eigenvalue weighted by atomic mass is 35.5. The molecule has 0 amide bonds. The molecule has 4 nitrogen and oxygen atoms in total. The second-order valence-electron chi connectivity index (χ2n) is 6.12. The third kappa shape index (κ3) is 4.68. The molecule has 0 spiro atoms. The van der Waals surface area contributed by atoms with Crippen LogP contribution in [0.4, 0.5) is 0 Å². The van der Waals surface area contributed by atoms with Crippen molar-refractivity contribution < 1.29 is 8.42 Å². The summed E-state index contributed by atoms with van der Waals surface area (Å²) in [6, 6.07) is 4.95. The van der Waals surface area contributed by atoms with Crippen molar-refractivity contribution in [3.8, 4) is 0 Å². The van der Waals surface area contributed by atoms with Gasteiger partial charge in [0.25, 0.3) is 0 Å². The number of hydrogen-bond donors (Lipinski definition) is 1. The molecule has 0 atom stereocenters. The van der Waals surface area contributed by atoms with E-state index in [1.165, 1.54) is 10.4 Å². The van der Waals surface area contributed by atoms with Crippen molar-refractivity contribution in [3.63, 3.8) is 0 Å². The van der Waals surface area contributed by atoms with Crippen LogP contribution in [0.2, 0.25) is 5.02 Å². The fourth-order valence-electron chi connectivity index (χ4n) is 2.07. The molecule has 0 aromatic heterocycles. The molecule has 2 N–H and O–H groups in total. The SMILES string of the molecule is CCCN(CC(C)(C)CN)S(=O)(=O)c1cc(Cl)ccc1C. The van der Waals surface area contributed by atoms with Crippen LogP contribution in [0.5, 0.6) is 0 Å². The van der Waals surface area contributed by atoms with E-state index in [0.717, 1.165) is 6.42 Å². The molecular formula is C15H25ClN2O2S. The summed E-state index contributed by atoms with van der Waals surface area (Å²) in [7, 11) is -3.57. The minimum absolute atomic E-state index is 0.269. The summed E-state index contributed by atoms with van der Waals surface area (Å²) < 4.78 is 27.3. The smallest absolute Gasteiger partial charge is 0.243 e. The number of aryl methyl sites for hydroxylation is 1. The number of nitrogens with zero attached hydrogens (tertiary/aromatic N) is 1. The molecule has 0 radical (unpaired) electrons. The lowest BCUT2D eigenvalue weighted by Gasteiger charge is -2.31. The number of rotatable bonds is 7. The van der Waals surface area contributed by atoms with E-state index in [1.54, 1.807) is 19.1 Å². The number of hydrogen-bond acceptors (Lipinski definition) is 3. The maximum atomic E-state index is 12.9. The lowest BCUT2D eigenvalue weighted by atomic mass is 9.94. The number of benzene rings is 1. The highest BCUT2D eigenvalue weighted by molar-refractivity contribution is 7.89. The largest absolute Gasteiger partial charge is 0.330 e. The van der Waals surface area contributed by atoms with Crippen LogP contribution in [0, 0.1) is 12.3 Å². The fourth-order valence-corrected chi connectivity index (χ4v) is 4.27. The van der Waals surface area contributed by atoms with Crippen LogP contribution in [0.25, 0.3) is 0 Å². The third-order valence-electron chi connectivity index (χ3n) is 3.40. The third-order valence-corrected chi connectivity index (χ3v) is 5.62. The van der Waals surface area contributed by atoms with Crippen molar-refractivity contribution in [2.75, 3.05) is 19.6 Å². The second kappa shape index (κ2) is 7.09. The van der Waals surface area contributed by atoms with Gasteiger partial charge in [0.1, 0.15) is 0 Å². The molecule has 1 aromatic carbocycles.